The lowest BCUT2D eigenvalue weighted by Gasteiger charge is -2.30. The highest BCUT2D eigenvalue weighted by molar-refractivity contribution is 6.00. The van der Waals surface area contributed by atoms with Crippen molar-refractivity contribution in [3.63, 3.8) is 0 Å². The van der Waals surface area contributed by atoms with Crippen LogP contribution < -0.4 is 64.2 Å². The van der Waals surface area contributed by atoms with Crippen molar-refractivity contribution in [3.8, 4) is 0 Å². The number of benzene rings is 1. The monoisotopic (exact) mass is 1070 g/mol. The number of carboxylic acid groups (broad SMARTS) is 1. The van der Waals surface area contributed by atoms with Crippen molar-refractivity contribution >= 4 is 82.5 Å². The fraction of sp³-hybridized carbons (Fsp3) is 0.612. The van der Waals surface area contributed by atoms with E-state index < -0.39 is 139 Å². The lowest BCUT2D eigenvalue weighted by Crippen LogP contribution is -2.58. The maximum absolute atomic E-state index is 13.2. The summed E-state index contributed by atoms with van der Waals surface area (Å²) in [7, 11) is 0. The molecule has 3 unspecified atom stereocenters. The van der Waals surface area contributed by atoms with Crippen LogP contribution in [0.3, 0.4) is 0 Å². The molecule has 0 aliphatic heterocycles. The number of nitrogens with one attached hydrogen (secondary N) is 12. The van der Waals surface area contributed by atoms with Crippen LogP contribution in [-0.4, -0.2) is 156 Å². The summed E-state index contributed by atoms with van der Waals surface area (Å²) in [6.07, 6.45) is 0.620. The second kappa shape index (κ2) is 31.2. The van der Waals surface area contributed by atoms with Crippen LogP contribution in [0.15, 0.2) is 24.3 Å². The van der Waals surface area contributed by atoms with Crippen LogP contribution in [0.5, 0.6) is 0 Å². The molecular weight excluding hydrogens is 995 g/mol. The Hall–Kier alpha value is -7.71. The van der Waals surface area contributed by atoms with E-state index in [1.807, 2.05) is 27.7 Å². The number of rotatable bonds is 33. The summed E-state index contributed by atoms with van der Waals surface area (Å²) in [6, 6.07) is 1.69. The van der Waals surface area contributed by atoms with Gasteiger partial charge in [-0.1, -0.05) is 33.8 Å². The van der Waals surface area contributed by atoms with Gasteiger partial charge in [-0.05, 0) is 91.8 Å². The standard InChI is InChI=1S/C49H79N13O14/c1-27(2)19-32(43(73)55-25-39(68)62-49(10,11)45(75)56-26-38(67)61-47(6,7)17-18-76-48(8,9)16-15-34(63)28(3)4)59-36(65)23-52-41(71)29(5)57-35(64)22-54-44(74)33(21-40(69)70)60-37(66)24-53-42(72)30-13-12-14-31(20-30)58-46(50)51/h12-14,20,27-29,32-33H,15-19,21-26H2,1-11H3,(H,52,71)(H,53,72)(H,54,74)(H,55,73)(H,56,75)(H,57,64)(H,59,65)(H,60,66)(H,61,67)(H,62,68)(H,69,70)(H4,50,51,58). The summed E-state index contributed by atoms with van der Waals surface area (Å²) in [5.41, 5.74) is 2.94. The average molecular weight is 1070 g/mol. The third kappa shape index (κ3) is 27.5. The van der Waals surface area contributed by atoms with Crippen LogP contribution in [0.25, 0.3) is 0 Å². The topological polar surface area (TPSA) is 416 Å². The number of hydrogen-bond donors (Lipinski definition) is 14. The summed E-state index contributed by atoms with van der Waals surface area (Å²) >= 11 is 0. The quantitative estimate of drug-likeness (QED) is 0.0272. The Labute approximate surface area is 442 Å². The third-order valence-corrected chi connectivity index (χ3v) is 11.0. The van der Waals surface area contributed by atoms with Gasteiger partial charge in [-0.15, -0.1) is 0 Å². The van der Waals surface area contributed by atoms with E-state index in [-0.39, 0.29) is 35.6 Å². The number of ether oxygens (including phenoxy) is 1. The van der Waals surface area contributed by atoms with E-state index in [1.165, 1.54) is 45.0 Å². The maximum Gasteiger partial charge on any atom is 0.305 e. The SMILES string of the molecule is CC(C)CC(NC(=O)CNC(=O)C(C)NC(=O)CNC(=O)C(CC(=O)O)NC(=O)CNC(=O)c1cccc(NC(=N)N)c1)C(=O)NCC(=O)NC(C)(C)C(=O)NCC(=O)NC(C)(C)CCOC(C)(C)CCC(=O)C(C)C. The fourth-order valence-electron chi connectivity index (χ4n) is 6.68. The van der Waals surface area contributed by atoms with E-state index in [4.69, 9.17) is 15.9 Å². The minimum atomic E-state index is -1.68. The molecule has 10 amide bonds. The molecule has 1 rings (SSSR count). The lowest BCUT2D eigenvalue weighted by molar-refractivity contribution is -0.140. The van der Waals surface area contributed by atoms with Crippen molar-refractivity contribution in [1.82, 2.24) is 53.2 Å². The predicted molar refractivity (Wildman–Crippen MR) is 278 cm³/mol. The van der Waals surface area contributed by atoms with Crippen LogP contribution in [0.2, 0.25) is 0 Å². The third-order valence-electron chi connectivity index (χ3n) is 11.0. The molecule has 0 fully saturated rings. The molecule has 0 aromatic heterocycles. The highest BCUT2D eigenvalue weighted by atomic mass is 16.5. The second-order valence-corrected chi connectivity index (χ2v) is 20.5. The van der Waals surface area contributed by atoms with Gasteiger partial charge in [-0.3, -0.25) is 62.9 Å². The molecule has 1 aromatic carbocycles. The van der Waals surface area contributed by atoms with E-state index in [2.05, 4.69) is 58.5 Å². The zero-order valence-electron chi connectivity index (χ0n) is 45.3. The summed E-state index contributed by atoms with van der Waals surface area (Å²) in [5, 5.41) is 43.1. The van der Waals surface area contributed by atoms with Crippen molar-refractivity contribution in [3.05, 3.63) is 29.8 Å². The van der Waals surface area contributed by atoms with Gasteiger partial charge in [-0.2, -0.15) is 0 Å². The van der Waals surface area contributed by atoms with E-state index in [1.54, 1.807) is 27.7 Å². The Balaban J connectivity index is 2.61. The van der Waals surface area contributed by atoms with Gasteiger partial charge in [0.2, 0.25) is 53.2 Å². The molecule has 76 heavy (non-hydrogen) atoms. The molecule has 0 aliphatic rings. The summed E-state index contributed by atoms with van der Waals surface area (Å²) in [5.74, 6) is -9.86. The summed E-state index contributed by atoms with van der Waals surface area (Å²) < 4.78 is 6.00. The van der Waals surface area contributed by atoms with Crippen molar-refractivity contribution in [1.29, 1.82) is 5.41 Å². The minimum Gasteiger partial charge on any atom is -0.481 e. The van der Waals surface area contributed by atoms with Crippen molar-refractivity contribution in [2.24, 2.45) is 17.6 Å². The Morgan fingerprint density at radius 3 is 1.72 bits per heavy atom. The van der Waals surface area contributed by atoms with Crippen molar-refractivity contribution < 1.29 is 67.4 Å². The van der Waals surface area contributed by atoms with Gasteiger partial charge in [0.25, 0.3) is 5.91 Å². The number of guanidine groups is 1. The highest BCUT2D eigenvalue weighted by Gasteiger charge is 2.32. The first kappa shape index (κ1) is 66.3. The first-order valence-corrected chi connectivity index (χ1v) is 24.6. The zero-order valence-corrected chi connectivity index (χ0v) is 45.3. The molecule has 15 N–H and O–H groups in total. The molecular formula is C49H79N13O14. The average Bonchev–Trinajstić information content (AvgIpc) is 3.30. The first-order chi connectivity index (χ1) is 35.1. The van der Waals surface area contributed by atoms with Crippen LogP contribution in [0, 0.1) is 17.2 Å². The Bertz CT molecular complexity index is 2280. The normalized spacial score (nSPS) is 12.6. The van der Waals surface area contributed by atoms with E-state index in [0.717, 1.165) is 0 Å². The van der Waals surface area contributed by atoms with Crippen LogP contribution >= 0.6 is 0 Å². The predicted octanol–water partition coefficient (Wildman–Crippen LogP) is -1.84. The number of amides is 10. The number of carbonyl (C=O) groups excluding carboxylic acids is 11. The lowest BCUT2D eigenvalue weighted by atomic mass is 9.96. The minimum absolute atomic E-state index is 0.0553. The molecule has 0 saturated heterocycles. The van der Waals surface area contributed by atoms with Gasteiger partial charge in [0.1, 0.15) is 29.4 Å². The maximum atomic E-state index is 13.2. The number of ketones is 1. The van der Waals surface area contributed by atoms with E-state index in [9.17, 15) is 62.6 Å². The molecule has 424 valence electrons. The molecule has 0 heterocycles. The Kier molecular flexibility index (Phi) is 27.3. The van der Waals surface area contributed by atoms with Gasteiger partial charge in [0, 0.05) is 35.7 Å². The molecule has 0 saturated carbocycles. The largest absolute Gasteiger partial charge is 0.481 e. The number of aliphatic carboxylic acids is 1. The number of nitrogens with two attached hydrogens (primary N) is 1. The number of carbonyl (C=O) groups is 12. The van der Waals surface area contributed by atoms with E-state index in [0.29, 0.717) is 31.6 Å². The number of anilines is 1. The van der Waals surface area contributed by atoms with Gasteiger partial charge in [-0.25, -0.2) is 0 Å². The second-order valence-electron chi connectivity index (χ2n) is 20.5. The number of Topliss-reactive ketones (excluding diaryl/α,β-unsaturated/α-hetero) is 1. The summed E-state index contributed by atoms with van der Waals surface area (Å²) in [4.78, 5) is 151. The molecule has 0 spiro atoms. The first-order valence-electron chi connectivity index (χ1n) is 24.6. The van der Waals surface area contributed by atoms with Crippen LogP contribution in [0.1, 0.15) is 119 Å². The fourth-order valence-corrected chi connectivity index (χ4v) is 6.68. The molecule has 0 radical (unpaired) electrons. The van der Waals surface area contributed by atoms with Crippen LogP contribution in [-0.2, 0) is 57.5 Å². The molecule has 0 aliphatic carbocycles. The Morgan fingerprint density at radius 1 is 0.645 bits per heavy atom. The number of carboxylic acids is 1. The van der Waals surface area contributed by atoms with Gasteiger partial charge >= 0.3 is 5.97 Å². The van der Waals surface area contributed by atoms with E-state index >= 15 is 0 Å². The van der Waals surface area contributed by atoms with Gasteiger partial charge in [0.15, 0.2) is 5.96 Å². The smallest absolute Gasteiger partial charge is 0.305 e. The summed E-state index contributed by atoms with van der Waals surface area (Å²) in [6.45, 7) is 15.9. The number of hydrogen-bond acceptors (Lipinski definition) is 14. The molecule has 3 atom stereocenters. The molecule has 27 nitrogen and oxygen atoms in total. The van der Waals surface area contributed by atoms with Gasteiger partial charge in [0.05, 0.1) is 44.7 Å². The van der Waals surface area contributed by atoms with Crippen molar-refractivity contribution in [2.45, 2.75) is 143 Å². The molecule has 1 aromatic rings. The highest BCUT2D eigenvalue weighted by Crippen LogP contribution is 2.20. The zero-order chi connectivity index (χ0) is 58.1. The Morgan fingerprint density at radius 2 is 1.16 bits per heavy atom. The molecule has 27 heteroatoms. The van der Waals surface area contributed by atoms with Gasteiger partial charge < -0.3 is 74.1 Å². The van der Waals surface area contributed by atoms with Crippen LogP contribution in [0.4, 0.5) is 5.69 Å². The molecule has 0 bridgehead atoms. The van der Waals surface area contributed by atoms with Crippen molar-refractivity contribution in [2.75, 3.05) is 44.6 Å².